The quantitative estimate of drug-likeness (QED) is 0.895. The highest BCUT2D eigenvalue weighted by molar-refractivity contribution is 6.31. The Morgan fingerprint density at radius 1 is 1.37 bits per heavy atom. The minimum absolute atomic E-state index is 0.142. The Hall–Kier alpha value is -1.45. The Balaban J connectivity index is 2.40. The number of hydrogen-bond acceptors (Lipinski definition) is 2. The molecule has 100 valence electrons. The van der Waals surface area contributed by atoms with E-state index >= 15 is 0 Å². The molecule has 0 aliphatic carbocycles. The van der Waals surface area contributed by atoms with Crippen LogP contribution < -0.4 is 5.32 Å². The molecule has 4 heteroatoms. The molecule has 1 atom stereocenters. The van der Waals surface area contributed by atoms with Crippen LogP contribution in [0.5, 0.6) is 0 Å². The molecule has 2 nitrogen and oxygen atoms in total. The molecule has 1 aromatic carbocycles. The van der Waals surface area contributed by atoms with Crippen LogP contribution in [0.2, 0.25) is 5.02 Å². The number of nitrogens with zero attached hydrogens (tertiary/aromatic N) is 1. The van der Waals surface area contributed by atoms with Crippen LogP contribution in [0.15, 0.2) is 42.7 Å². The summed E-state index contributed by atoms with van der Waals surface area (Å²) in [7, 11) is 0. The lowest BCUT2D eigenvalue weighted by Crippen LogP contribution is -2.23. The smallest absolute Gasteiger partial charge is 0.123 e. The second-order valence-electron chi connectivity index (χ2n) is 4.34. The van der Waals surface area contributed by atoms with Crippen molar-refractivity contribution >= 4 is 11.6 Å². The molecule has 0 aliphatic heterocycles. The first-order chi connectivity index (χ1) is 9.22. The number of hydrogen-bond donors (Lipinski definition) is 1. The molecule has 19 heavy (non-hydrogen) atoms. The van der Waals surface area contributed by atoms with E-state index in [1.165, 1.54) is 12.1 Å². The fourth-order valence-corrected chi connectivity index (χ4v) is 2.21. The van der Waals surface area contributed by atoms with Crippen molar-refractivity contribution in [1.29, 1.82) is 0 Å². The van der Waals surface area contributed by atoms with Gasteiger partial charge in [0.05, 0.1) is 6.04 Å². The van der Waals surface area contributed by atoms with Crippen molar-refractivity contribution in [1.82, 2.24) is 10.3 Å². The second-order valence-corrected chi connectivity index (χ2v) is 4.75. The Morgan fingerprint density at radius 3 is 2.89 bits per heavy atom. The average molecular weight is 279 g/mol. The monoisotopic (exact) mass is 278 g/mol. The van der Waals surface area contributed by atoms with Gasteiger partial charge in [-0.05, 0) is 48.4 Å². The molecule has 0 radical (unpaired) electrons. The fourth-order valence-electron chi connectivity index (χ4n) is 1.98. The molecule has 0 saturated heterocycles. The van der Waals surface area contributed by atoms with E-state index in [2.05, 4.69) is 17.2 Å². The minimum atomic E-state index is -0.286. The van der Waals surface area contributed by atoms with Gasteiger partial charge in [-0.1, -0.05) is 24.6 Å². The summed E-state index contributed by atoms with van der Waals surface area (Å²) in [6, 6.07) is 8.11. The maximum absolute atomic E-state index is 13.4. The van der Waals surface area contributed by atoms with Crippen molar-refractivity contribution in [2.75, 3.05) is 6.54 Å². The maximum Gasteiger partial charge on any atom is 0.123 e. The highest BCUT2D eigenvalue weighted by atomic mass is 35.5. The summed E-state index contributed by atoms with van der Waals surface area (Å²) in [4.78, 5) is 4.11. The lowest BCUT2D eigenvalue weighted by Gasteiger charge is -2.20. The number of halogens is 2. The van der Waals surface area contributed by atoms with E-state index in [9.17, 15) is 4.39 Å². The zero-order chi connectivity index (χ0) is 13.7. The molecule has 1 aromatic heterocycles. The first-order valence-electron chi connectivity index (χ1n) is 6.30. The summed E-state index contributed by atoms with van der Waals surface area (Å²) in [6.07, 6.45) is 4.48. The van der Waals surface area contributed by atoms with Gasteiger partial charge in [0.2, 0.25) is 0 Å². The third-order valence-electron chi connectivity index (χ3n) is 2.89. The third-order valence-corrected chi connectivity index (χ3v) is 3.23. The molecule has 0 bridgehead atoms. The zero-order valence-corrected chi connectivity index (χ0v) is 11.5. The first kappa shape index (κ1) is 14.0. The summed E-state index contributed by atoms with van der Waals surface area (Å²) < 4.78 is 13.4. The molecule has 0 aliphatic rings. The van der Waals surface area contributed by atoms with Crippen LogP contribution >= 0.6 is 11.6 Å². The Morgan fingerprint density at radius 2 is 2.21 bits per heavy atom. The van der Waals surface area contributed by atoms with Gasteiger partial charge < -0.3 is 5.32 Å². The van der Waals surface area contributed by atoms with Crippen LogP contribution in [0.1, 0.15) is 30.5 Å². The van der Waals surface area contributed by atoms with Crippen LogP contribution in [-0.4, -0.2) is 11.5 Å². The Bertz CT molecular complexity index is 531. The minimum Gasteiger partial charge on any atom is -0.306 e. The molecule has 0 saturated carbocycles. The predicted molar refractivity (Wildman–Crippen MR) is 75.8 cm³/mol. The van der Waals surface area contributed by atoms with Gasteiger partial charge in [0, 0.05) is 17.4 Å². The van der Waals surface area contributed by atoms with Crippen molar-refractivity contribution in [2.45, 2.75) is 19.4 Å². The summed E-state index contributed by atoms with van der Waals surface area (Å²) in [5.74, 6) is -0.286. The van der Waals surface area contributed by atoms with Crippen molar-refractivity contribution in [3.63, 3.8) is 0 Å². The number of nitrogens with one attached hydrogen (secondary N) is 1. The van der Waals surface area contributed by atoms with E-state index in [0.717, 1.165) is 24.1 Å². The van der Waals surface area contributed by atoms with Gasteiger partial charge in [0.25, 0.3) is 0 Å². The van der Waals surface area contributed by atoms with E-state index in [4.69, 9.17) is 11.6 Å². The van der Waals surface area contributed by atoms with Crippen molar-refractivity contribution < 1.29 is 4.39 Å². The Labute approximate surface area is 117 Å². The van der Waals surface area contributed by atoms with Gasteiger partial charge in [-0.25, -0.2) is 4.39 Å². The highest BCUT2D eigenvalue weighted by Crippen LogP contribution is 2.28. The topological polar surface area (TPSA) is 24.9 Å². The fraction of sp³-hybridized carbons (Fsp3) is 0.267. The lowest BCUT2D eigenvalue weighted by molar-refractivity contribution is 0.584. The largest absolute Gasteiger partial charge is 0.306 e. The molecule has 0 fully saturated rings. The normalized spacial score (nSPS) is 12.4. The number of benzene rings is 1. The highest BCUT2D eigenvalue weighted by Gasteiger charge is 2.17. The van der Waals surface area contributed by atoms with Gasteiger partial charge in [0.1, 0.15) is 5.82 Å². The molecule has 2 rings (SSSR count). The molecular weight excluding hydrogens is 263 g/mol. The van der Waals surface area contributed by atoms with Crippen molar-refractivity contribution in [2.24, 2.45) is 0 Å². The average Bonchev–Trinajstić information content (AvgIpc) is 2.44. The van der Waals surface area contributed by atoms with E-state index in [1.54, 1.807) is 18.5 Å². The van der Waals surface area contributed by atoms with Gasteiger partial charge >= 0.3 is 0 Å². The molecule has 0 amide bonds. The Kier molecular flexibility index (Phi) is 4.88. The van der Waals surface area contributed by atoms with E-state index < -0.39 is 0 Å². The maximum atomic E-state index is 13.4. The van der Waals surface area contributed by atoms with E-state index in [-0.39, 0.29) is 11.9 Å². The summed E-state index contributed by atoms with van der Waals surface area (Å²) in [5.41, 5.74) is 1.71. The van der Waals surface area contributed by atoms with Crippen LogP contribution in [0.25, 0.3) is 0 Å². The molecule has 0 spiro atoms. The van der Waals surface area contributed by atoms with Gasteiger partial charge in [-0.2, -0.15) is 0 Å². The molecule has 1 unspecified atom stereocenters. The first-order valence-corrected chi connectivity index (χ1v) is 6.68. The van der Waals surface area contributed by atoms with Gasteiger partial charge in [-0.3, -0.25) is 4.98 Å². The summed E-state index contributed by atoms with van der Waals surface area (Å²) >= 11 is 6.19. The molecule has 1 N–H and O–H groups in total. The molecule has 1 heterocycles. The van der Waals surface area contributed by atoms with Gasteiger partial charge in [-0.15, -0.1) is 0 Å². The number of pyridine rings is 1. The second kappa shape index (κ2) is 6.64. The SMILES string of the molecule is CCCNC(c1cccnc1)c1cc(F)ccc1Cl. The third kappa shape index (κ3) is 3.52. The summed E-state index contributed by atoms with van der Waals surface area (Å²) in [6.45, 7) is 2.91. The number of rotatable bonds is 5. The van der Waals surface area contributed by atoms with Crippen molar-refractivity contribution in [3.05, 3.63) is 64.7 Å². The van der Waals surface area contributed by atoms with Crippen LogP contribution in [-0.2, 0) is 0 Å². The van der Waals surface area contributed by atoms with Crippen LogP contribution in [0, 0.1) is 5.82 Å². The predicted octanol–water partition coefficient (Wildman–Crippen LogP) is 3.96. The number of aromatic nitrogens is 1. The van der Waals surface area contributed by atoms with Crippen molar-refractivity contribution in [3.8, 4) is 0 Å². The van der Waals surface area contributed by atoms with E-state index in [1.807, 2.05) is 12.1 Å². The summed E-state index contributed by atoms with van der Waals surface area (Å²) in [5, 5.41) is 3.93. The van der Waals surface area contributed by atoms with Gasteiger partial charge in [0.15, 0.2) is 0 Å². The van der Waals surface area contributed by atoms with Crippen LogP contribution in [0.3, 0.4) is 0 Å². The van der Waals surface area contributed by atoms with E-state index in [0.29, 0.717) is 5.02 Å². The molecular formula is C15H16ClFN2. The van der Waals surface area contributed by atoms with Crippen LogP contribution in [0.4, 0.5) is 4.39 Å². The lowest BCUT2D eigenvalue weighted by atomic mass is 10.00. The zero-order valence-electron chi connectivity index (χ0n) is 10.7. The standard InChI is InChI=1S/C15H16ClFN2/c1-2-7-19-15(11-4-3-8-18-10-11)13-9-12(17)5-6-14(13)16/h3-6,8-10,15,19H,2,7H2,1H3. The molecule has 2 aromatic rings.